The first-order valence-corrected chi connectivity index (χ1v) is 4.68. The predicted molar refractivity (Wildman–Crippen MR) is 59.3 cm³/mol. The Labute approximate surface area is 103 Å². The van der Waals surface area contributed by atoms with Crippen molar-refractivity contribution in [2.24, 2.45) is 5.73 Å². The molecule has 0 fully saturated rings. The van der Waals surface area contributed by atoms with Gasteiger partial charge in [0.25, 0.3) is 0 Å². The molecule has 0 saturated carbocycles. The largest absolute Gasteiger partial charge is 0.573 e. The monoisotopic (exact) mass is 271 g/mol. The van der Waals surface area contributed by atoms with Crippen LogP contribution in [0.25, 0.3) is 0 Å². The number of alkyl halides is 3. The average Bonchev–Trinajstić information content (AvgIpc) is 2.18. The number of phenols is 1. The number of aromatic hydroxyl groups is 1. The van der Waals surface area contributed by atoms with Crippen molar-refractivity contribution in [1.29, 1.82) is 0 Å². The summed E-state index contributed by atoms with van der Waals surface area (Å²) in [6, 6.07) is 3.34. The van der Waals surface area contributed by atoms with Gasteiger partial charge in [0, 0.05) is 11.6 Å². The molecule has 3 N–H and O–H groups in total. The first kappa shape index (κ1) is 15.9. The van der Waals surface area contributed by atoms with Crippen molar-refractivity contribution >= 4 is 12.4 Å². The Hall–Kier alpha value is -1.14. The average molecular weight is 272 g/mol. The third-order valence-electron chi connectivity index (χ3n) is 2.10. The molecule has 7 heteroatoms. The molecular weight excluding hydrogens is 259 g/mol. The minimum absolute atomic E-state index is 0. The standard InChI is InChI=1S/C10H12F3NO2.ClH/c1-2-7(14)6-4-3-5-8(9(6)15)16-10(11,12)13;/h3-5,7,15H,2,14H2,1H3;1H/t7-;/m1./s1. The number of halogens is 4. The van der Waals surface area contributed by atoms with Crippen LogP contribution in [0.15, 0.2) is 18.2 Å². The maximum absolute atomic E-state index is 12.0. The van der Waals surface area contributed by atoms with E-state index in [4.69, 9.17) is 5.73 Å². The van der Waals surface area contributed by atoms with Crippen LogP contribution in [0.2, 0.25) is 0 Å². The van der Waals surface area contributed by atoms with Gasteiger partial charge in [-0.15, -0.1) is 25.6 Å². The van der Waals surface area contributed by atoms with Crippen LogP contribution in [0.4, 0.5) is 13.2 Å². The number of hydrogen-bond donors (Lipinski definition) is 2. The fourth-order valence-electron chi connectivity index (χ4n) is 1.27. The number of phenolic OH excluding ortho intramolecular Hbond substituents is 1. The highest BCUT2D eigenvalue weighted by atomic mass is 35.5. The van der Waals surface area contributed by atoms with E-state index in [0.717, 1.165) is 6.07 Å². The molecule has 1 aromatic carbocycles. The Morgan fingerprint density at radius 2 is 2.00 bits per heavy atom. The summed E-state index contributed by atoms with van der Waals surface area (Å²) in [4.78, 5) is 0. The molecule has 17 heavy (non-hydrogen) atoms. The van der Waals surface area contributed by atoms with E-state index in [1.807, 2.05) is 0 Å². The van der Waals surface area contributed by atoms with Gasteiger partial charge in [0.2, 0.25) is 0 Å². The quantitative estimate of drug-likeness (QED) is 0.888. The van der Waals surface area contributed by atoms with Crippen LogP contribution in [0.3, 0.4) is 0 Å². The summed E-state index contributed by atoms with van der Waals surface area (Å²) in [6.45, 7) is 1.77. The lowest BCUT2D eigenvalue weighted by molar-refractivity contribution is -0.275. The Morgan fingerprint density at radius 3 is 2.47 bits per heavy atom. The minimum atomic E-state index is -4.83. The van der Waals surface area contributed by atoms with E-state index in [1.54, 1.807) is 6.92 Å². The maximum atomic E-state index is 12.0. The van der Waals surface area contributed by atoms with Gasteiger partial charge in [-0.1, -0.05) is 19.1 Å². The third kappa shape index (κ3) is 4.32. The van der Waals surface area contributed by atoms with E-state index >= 15 is 0 Å². The van der Waals surface area contributed by atoms with Crippen LogP contribution < -0.4 is 10.5 Å². The molecule has 0 heterocycles. The maximum Gasteiger partial charge on any atom is 0.573 e. The summed E-state index contributed by atoms with van der Waals surface area (Å²) in [5.74, 6) is -1.19. The molecular formula is C10H13ClF3NO2. The van der Waals surface area contributed by atoms with Crippen molar-refractivity contribution in [2.45, 2.75) is 25.7 Å². The van der Waals surface area contributed by atoms with Crippen molar-refractivity contribution < 1.29 is 23.0 Å². The van der Waals surface area contributed by atoms with Crippen LogP contribution in [-0.2, 0) is 0 Å². The zero-order chi connectivity index (χ0) is 12.3. The lowest BCUT2D eigenvalue weighted by atomic mass is 10.0. The molecule has 3 nitrogen and oxygen atoms in total. The van der Waals surface area contributed by atoms with Crippen LogP contribution >= 0.6 is 12.4 Å². The molecule has 0 aliphatic rings. The van der Waals surface area contributed by atoms with Gasteiger partial charge >= 0.3 is 6.36 Å². The van der Waals surface area contributed by atoms with Crippen LogP contribution in [-0.4, -0.2) is 11.5 Å². The molecule has 0 aliphatic heterocycles. The Balaban J connectivity index is 0.00000256. The van der Waals surface area contributed by atoms with Crippen molar-refractivity contribution in [3.05, 3.63) is 23.8 Å². The molecule has 1 aromatic rings. The molecule has 0 unspecified atom stereocenters. The smallest absolute Gasteiger partial charge is 0.504 e. The number of para-hydroxylation sites is 1. The second-order valence-electron chi connectivity index (χ2n) is 3.26. The van der Waals surface area contributed by atoms with Gasteiger partial charge in [-0.25, -0.2) is 0 Å². The van der Waals surface area contributed by atoms with E-state index in [1.165, 1.54) is 12.1 Å². The van der Waals surface area contributed by atoms with Crippen LogP contribution in [0.5, 0.6) is 11.5 Å². The summed E-state index contributed by atoms with van der Waals surface area (Å²) in [6.07, 6.45) is -4.32. The summed E-state index contributed by atoms with van der Waals surface area (Å²) >= 11 is 0. The Kier molecular flexibility index (Phi) is 5.57. The van der Waals surface area contributed by atoms with Gasteiger partial charge in [0.1, 0.15) is 0 Å². The fourth-order valence-corrected chi connectivity index (χ4v) is 1.27. The SMILES string of the molecule is CC[C@@H](N)c1cccc(OC(F)(F)F)c1O.Cl. The Morgan fingerprint density at radius 1 is 1.41 bits per heavy atom. The van der Waals surface area contributed by atoms with Crippen molar-refractivity contribution in [3.63, 3.8) is 0 Å². The lowest BCUT2D eigenvalue weighted by Crippen LogP contribution is -2.18. The fraction of sp³-hybridized carbons (Fsp3) is 0.400. The summed E-state index contributed by atoms with van der Waals surface area (Å²) < 4.78 is 39.6. The van der Waals surface area contributed by atoms with E-state index < -0.39 is 23.9 Å². The van der Waals surface area contributed by atoms with E-state index in [9.17, 15) is 18.3 Å². The molecule has 0 radical (unpaired) electrons. The molecule has 0 aliphatic carbocycles. The van der Waals surface area contributed by atoms with Crippen molar-refractivity contribution in [2.75, 3.05) is 0 Å². The third-order valence-corrected chi connectivity index (χ3v) is 2.10. The van der Waals surface area contributed by atoms with Gasteiger partial charge in [-0.05, 0) is 12.5 Å². The van der Waals surface area contributed by atoms with Gasteiger partial charge in [0.05, 0.1) is 0 Å². The second kappa shape index (κ2) is 5.97. The first-order valence-electron chi connectivity index (χ1n) is 4.68. The molecule has 0 bridgehead atoms. The van der Waals surface area contributed by atoms with E-state index in [2.05, 4.69) is 4.74 Å². The molecule has 98 valence electrons. The topological polar surface area (TPSA) is 55.5 Å². The van der Waals surface area contributed by atoms with E-state index in [-0.39, 0.29) is 18.0 Å². The van der Waals surface area contributed by atoms with Gasteiger partial charge in [-0.3, -0.25) is 0 Å². The minimum Gasteiger partial charge on any atom is -0.504 e. The molecule has 1 rings (SSSR count). The number of benzene rings is 1. The zero-order valence-corrected chi connectivity index (χ0v) is 9.81. The molecule has 0 saturated heterocycles. The summed E-state index contributed by atoms with van der Waals surface area (Å²) in [7, 11) is 0. The molecule has 0 aromatic heterocycles. The van der Waals surface area contributed by atoms with Crippen molar-refractivity contribution in [3.8, 4) is 11.5 Å². The van der Waals surface area contributed by atoms with Gasteiger partial charge in [-0.2, -0.15) is 0 Å². The highest BCUT2D eigenvalue weighted by Crippen LogP contribution is 2.36. The van der Waals surface area contributed by atoms with Crippen LogP contribution in [0, 0.1) is 0 Å². The summed E-state index contributed by atoms with van der Waals surface area (Å²) in [5, 5.41) is 9.55. The normalized spacial score (nSPS) is 12.8. The zero-order valence-electron chi connectivity index (χ0n) is 8.99. The number of nitrogens with two attached hydrogens (primary N) is 1. The number of hydrogen-bond acceptors (Lipinski definition) is 3. The lowest BCUT2D eigenvalue weighted by Gasteiger charge is -2.15. The molecule has 0 amide bonds. The van der Waals surface area contributed by atoms with Gasteiger partial charge in [0.15, 0.2) is 11.5 Å². The Bertz CT molecular complexity index is 371. The predicted octanol–water partition coefficient (Wildman–Crippen LogP) is 3.12. The van der Waals surface area contributed by atoms with Crippen molar-refractivity contribution in [1.82, 2.24) is 0 Å². The molecule has 1 atom stereocenters. The highest BCUT2D eigenvalue weighted by Gasteiger charge is 2.32. The second-order valence-corrected chi connectivity index (χ2v) is 3.26. The molecule has 0 spiro atoms. The van der Waals surface area contributed by atoms with E-state index in [0.29, 0.717) is 6.42 Å². The van der Waals surface area contributed by atoms with Gasteiger partial charge < -0.3 is 15.6 Å². The highest BCUT2D eigenvalue weighted by molar-refractivity contribution is 5.85. The number of ether oxygens (including phenoxy) is 1. The van der Waals surface area contributed by atoms with Crippen LogP contribution in [0.1, 0.15) is 24.9 Å². The summed E-state index contributed by atoms with van der Waals surface area (Å²) in [5.41, 5.74) is 5.87. The number of rotatable bonds is 3. The first-order chi connectivity index (χ1) is 7.35.